The highest BCUT2D eigenvalue weighted by Crippen LogP contribution is 2.43. The number of amides is 1. The Balaban J connectivity index is 1.90. The Hall–Kier alpha value is -5.29. The van der Waals surface area contributed by atoms with Crippen molar-refractivity contribution in [3.8, 4) is 23.3 Å². The summed E-state index contributed by atoms with van der Waals surface area (Å²) in [5.74, 6) is -1.34. The lowest BCUT2D eigenvalue weighted by Gasteiger charge is -2.14. The van der Waals surface area contributed by atoms with Crippen LogP contribution < -0.4 is 14.8 Å². The van der Waals surface area contributed by atoms with Crippen LogP contribution in [-0.4, -0.2) is 34.9 Å². The van der Waals surface area contributed by atoms with Crippen LogP contribution in [0.4, 0.5) is 17.1 Å². The molecule has 0 saturated carbocycles. The average molecular weight is 625 g/mol. The fourth-order valence-electron chi connectivity index (χ4n) is 3.41. The number of nitro groups is 2. The number of hydrogen-bond acceptors (Lipinski definition) is 10. The second-order valence-corrected chi connectivity index (χ2v) is 8.81. The smallest absolute Gasteiger partial charge is 0.338 e. The van der Waals surface area contributed by atoms with E-state index in [1.165, 1.54) is 42.5 Å². The molecule has 14 heteroatoms. The molecule has 1 N–H and O–H groups in total. The second-order valence-electron chi connectivity index (χ2n) is 7.95. The van der Waals surface area contributed by atoms with Crippen LogP contribution in [-0.2, 0) is 9.53 Å². The van der Waals surface area contributed by atoms with Gasteiger partial charge in [-0.1, -0.05) is 0 Å². The first-order valence-corrected chi connectivity index (χ1v) is 12.6. The molecule has 41 heavy (non-hydrogen) atoms. The van der Waals surface area contributed by atoms with E-state index in [0.29, 0.717) is 16.8 Å². The molecule has 13 nitrogen and oxygen atoms in total. The zero-order chi connectivity index (χ0) is 30.1. The Bertz CT molecular complexity index is 1580. The van der Waals surface area contributed by atoms with Crippen molar-refractivity contribution < 1.29 is 33.6 Å². The van der Waals surface area contributed by atoms with Gasteiger partial charge in [-0.15, -0.1) is 0 Å². The Morgan fingerprint density at radius 1 is 1.00 bits per heavy atom. The molecule has 0 bridgehead atoms. The predicted molar refractivity (Wildman–Crippen MR) is 150 cm³/mol. The van der Waals surface area contributed by atoms with Crippen molar-refractivity contribution in [3.63, 3.8) is 0 Å². The zero-order valence-corrected chi connectivity index (χ0v) is 23.2. The van der Waals surface area contributed by atoms with Crippen LogP contribution in [0, 0.1) is 31.6 Å². The molecule has 0 heterocycles. The third-order valence-corrected chi connectivity index (χ3v) is 5.81. The molecule has 0 saturated heterocycles. The monoisotopic (exact) mass is 624 g/mol. The number of ether oxygens (including phenoxy) is 3. The summed E-state index contributed by atoms with van der Waals surface area (Å²) in [4.78, 5) is 45.6. The number of anilines is 1. The van der Waals surface area contributed by atoms with Gasteiger partial charge < -0.3 is 19.5 Å². The van der Waals surface area contributed by atoms with Crippen LogP contribution in [0.25, 0.3) is 6.08 Å². The van der Waals surface area contributed by atoms with Crippen molar-refractivity contribution in [1.82, 2.24) is 0 Å². The molecular weight excluding hydrogens is 604 g/mol. The van der Waals surface area contributed by atoms with Crippen LogP contribution in [0.3, 0.4) is 0 Å². The number of carbonyl (C=O) groups is 2. The van der Waals surface area contributed by atoms with E-state index >= 15 is 0 Å². The highest BCUT2D eigenvalue weighted by Gasteiger charge is 2.24. The topological polar surface area (TPSA) is 184 Å². The van der Waals surface area contributed by atoms with E-state index in [-0.39, 0.29) is 40.5 Å². The standard InChI is InChI=1S/C27H21BrN4O9/c1-3-39-24-13-16(11-18(15-29)26(33)30-19-7-5-17(6-8-19)27(34)40-4-2)12-21(28)25(24)41-23-10-9-20(31(35)36)14-22(23)32(37)38/h5-14H,3-4H2,1-2H3,(H,30,33)/b18-11+. The molecule has 3 rings (SSSR count). The van der Waals surface area contributed by atoms with E-state index in [2.05, 4.69) is 21.2 Å². The van der Waals surface area contributed by atoms with Gasteiger partial charge in [0.25, 0.3) is 11.6 Å². The van der Waals surface area contributed by atoms with E-state index < -0.39 is 33.1 Å². The summed E-state index contributed by atoms with van der Waals surface area (Å²) in [7, 11) is 0. The summed E-state index contributed by atoms with van der Waals surface area (Å²) >= 11 is 3.32. The fraction of sp³-hybridized carbons (Fsp3) is 0.148. The van der Waals surface area contributed by atoms with Gasteiger partial charge >= 0.3 is 11.7 Å². The molecule has 0 unspecified atom stereocenters. The summed E-state index contributed by atoms with van der Waals surface area (Å²) in [6.07, 6.45) is 1.30. The van der Waals surface area contributed by atoms with Gasteiger partial charge in [-0.2, -0.15) is 5.26 Å². The molecule has 0 aromatic heterocycles. The minimum atomic E-state index is -0.810. The van der Waals surface area contributed by atoms with E-state index in [1.54, 1.807) is 13.8 Å². The molecule has 3 aromatic rings. The number of nitro benzene ring substituents is 2. The van der Waals surface area contributed by atoms with Crippen LogP contribution in [0.1, 0.15) is 29.8 Å². The number of nitriles is 1. The number of halogens is 1. The van der Waals surface area contributed by atoms with Crippen molar-refractivity contribution in [2.45, 2.75) is 13.8 Å². The maximum Gasteiger partial charge on any atom is 0.338 e. The van der Waals surface area contributed by atoms with E-state index in [4.69, 9.17) is 14.2 Å². The summed E-state index contributed by atoms with van der Waals surface area (Å²) in [6, 6.07) is 13.7. The van der Waals surface area contributed by atoms with Gasteiger partial charge in [0, 0.05) is 11.8 Å². The molecule has 0 radical (unpaired) electrons. The number of esters is 1. The third kappa shape index (κ3) is 7.64. The summed E-state index contributed by atoms with van der Waals surface area (Å²) < 4.78 is 16.6. The maximum atomic E-state index is 12.8. The average Bonchev–Trinajstić information content (AvgIpc) is 2.94. The summed E-state index contributed by atoms with van der Waals surface area (Å²) in [6.45, 7) is 3.77. The van der Waals surface area contributed by atoms with Crippen LogP contribution in [0.15, 0.2) is 64.6 Å². The summed E-state index contributed by atoms with van der Waals surface area (Å²) in [5.41, 5.74) is -0.366. The van der Waals surface area contributed by atoms with Gasteiger partial charge in [0.2, 0.25) is 5.75 Å². The fourth-order valence-corrected chi connectivity index (χ4v) is 3.95. The van der Waals surface area contributed by atoms with Crippen molar-refractivity contribution >= 4 is 50.9 Å². The van der Waals surface area contributed by atoms with Gasteiger partial charge in [0.1, 0.15) is 11.6 Å². The number of nitrogens with zero attached hydrogens (tertiary/aromatic N) is 3. The van der Waals surface area contributed by atoms with Crippen molar-refractivity contribution in [3.05, 3.63) is 96.0 Å². The zero-order valence-electron chi connectivity index (χ0n) is 21.6. The van der Waals surface area contributed by atoms with Crippen molar-refractivity contribution in [2.24, 2.45) is 0 Å². The van der Waals surface area contributed by atoms with Crippen molar-refractivity contribution in [1.29, 1.82) is 5.26 Å². The number of rotatable bonds is 11. The van der Waals surface area contributed by atoms with Gasteiger partial charge in [-0.25, -0.2) is 4.79 Å². The highest BCUT2D eigenvalue weighted by atomic mass is 79.9. The number of carbonyl (C=O) groups excluding carboxylic acids is 2. The second kappa shape index (κ2) is 13.7. The van der Waals surface area contributed by atoms with E-state index in [0.717, 1.165) is 18.2 Å². The number of nitrogens with one attached hydrogen (secondary N) is 1. The molecule has 0 aliphatic carbocycles. The highest BCUT2D eigenvalue weighted by molar-refractivity contribution is 9.10. The molecule has 0 atom stereocenters. The van der Waals surface area contributed by atoms with Gasteiger partial charge in [0.05, 0.1) is 39.2 Å². The van der Waals surface area contributed by atoms with Crippen LogP contribution in [0.2, 0.25) is 0 Å². The molecule has 0 spiro atoms. The first-order chi connectivity index (χ1) is 19.6. The number of non-ortho nitro benzene ring substituents is 1. The van der Waals surface area contributed by atoms with E-state index in [9.17, 15) is 35.1 Å². The van der Waals surface area contributed by atoms with Gasteiger partial charge in [-0.05, 0) is 83.9 Å². The van der Waals surface area contributed by atoms with Crippen LogP contribution >= 0.6 is 15.9 Å². The lowest BCUT2D eigenvalue weighted by Crippen LogP contribution is -2.13. The Morgan fingerprint density at radius 3 is 2.29 bits per heavy atom. The van der Waals surface area contributed by atoms with Gasteiger partial charge in [0.15, 0.2) is 11.5 Å². The predicted octanol–water partition coefficient (Wildman–Crippen LogP) is 6.18. The van der Waals surface area contributed by atoms with Crippen molar-refractivity contribution in [2.75, 3.05) is 18.5 Å². The molecule has 0 aliphatic rings. The van der Waals surface area contributed by atoms with Gasteiger partial charge in [-0.3, -0.25) is 25.0 Å². The normalized spacial score (nSPS) is 10.7. The summed E-state index contributed by atoms with van der Waals surface area (Å²) in [5, 5.41) is 34.8. The van der Waals surface area contributed by atoms with E-state index in [1.807, 2.05) is 6.07 Å². The molecule has 3 aromatic carbocycles. The molecule has 0 aliphatic heterocycles. The Morgan fingerprint density at radius 2 is 1.71 bits per heavy atom. The first-order valence-electron chi connectivity index (χ1n) is 11.8. The first kappa shape index (κ1) is 30.3. The quantitative estimate of drug-likeness (QED) is 0.0849. The minimum Gasteiger partial charge on any atom is -0.490 e. The van der Waals surface area contributed by atoms with Crippen LogP contribution in [0.5, 0.6) is 17.2 Å². The lowest BCUT2D eigenvalue weighted by atomic mass is 10.1. The SMILES string of the molecule is CCOC(=O)c1ccc(NC(=O)/C(C#N)=C/c2cc(Br)c(Oc3ccc([N+](=O)[O-])cc3[N+](=O)[O-])c(OCC)c2)cc1. The Kier molecular flexibility index (Phi) is 10.1. The largest absolute Gasteiger partial charge is 0.490 e. The lowest BCUT2D eigenvalue weighted by molar-refractivity contribution is -0.394. The minimum absolute atomic E-state index is 0.0330. The number of hydrogen-bond donors (Lipinski definition) is 1. The molecule has 1 amide bonds. The Labute approximate surface area is 241 Å². The number of benzene rings is 3. The maximum absolute atomic E-state index is 12.8. The molecular formula is C27H21BrN4O9. The molecule has 0 fully saturated rings. The molecule has 210 valence electrons. The third-order valence-electron chi connectivity index (χ3n) is 5.22.